The van der Waals surface area contributed by atoms with Crippen molar-refractivity contribution in [3.63, 3.8) is 0 Å². The molecule has 0 spiro atoms. The lowest BCUT2D eigenvalue weighted by Gasteiger charge is -2.35. The van der Waals surface area contributed by atoms with E-state index >= 15 is 0 Å². The molecular weight excluding hydrogens is 847 g/mol. The molecule has 0 saturated heterocycles. The Morgan fingerprint density at radius 3 is 1.64 bits per heavy atom. The Bertz CT molecular complexity index is 3790. The minimum atomic E-state index is -0.995. The van der Waals surface area contributed by atoms with E-state index in [9.17, 15) is 0 Å². The lowest BCUT2D eigenvalue weighted by atomic mass is 9.60. The van der Waals surface area contributed by atoms with E-state index in [1.807, 2.05) is 46.8 Å². The zero-order valence-electron chi connectivity index (χ0n) is 40.8. The Morgan fingerprint density at radius 2 is 1.03 bits per heavy atom. The van der Waals surface area contributed by atoms with Crippen molar-refractivity contribution in [1.29, 1.82) is 0 Å². The Balaban J connectivity index is 1.48. The van der Waals surface area contributed by atoms with Gasteiger partial charge in [-0.3, -0.25) is 0 Å². The Kier molecular flexibility index (Phi) is 12.7. The lowest BCUT2D eigenvalue weighted by Crippen LogP contribution is -2.51. The highest BCUT2D eigenvalue weighted by atomic mass is 16.3. The maximum atomic E-state index is 7.23. The van der Waals surface area contributed by atoms with Gasteiger partial charge in [0, 0.05) is 33.3 Å². The van der Waals surface area contributed by atoms with Gasteiger partial charge in [-0.2, -0.15) is 0 Å². The Labute approximate surface area is 450 Å². The molecule has 0 N–H and O–H groups in total. The second-order valence-electron chi connectivity index (χ2n) is 19.7. The van der Waals surface area contributed by atoms with Gasteiger partial charge in [-0.05, 0) is 81.6 Å². The number of anilines is 2. The van der Waals surface area contributed by atoms with E-state index in [1.54, 1.807) is 24.0 Å². The summed E-state index contributed by atoms with van der Waals surface area (Å²) in [7, 11) is 136. The van der Waals surface area contributed by atoms with E-state index < -0.39 is 10.8 Å². The van der Waals surface area contributed by atoms with Gasteiger partial charge in [-0.1, -0.05) is 105 Å². The third-order valence-electron chi connectivity index (χ3n) is 15.0. The van der Waals surface area contributed by atoms with Gasteiger partial charge in [0.1, 0.15) is 168 Å². The summed E-state index contributed by atoms with van der Waals surface area (Å²) in [6.07, 6.45) is 1.84. The molecule has 0 atom stereocenters. The summed E-state index contributed by atoms with van der Waals surface area (Å²) in [5.41, 5.74) is 7.48. The van der Waals surface area contributed by atoms with Gasteiger partial charge < -0.3 is 9.32 Å². The standard InChI is InChI=1S/C50H23B20NO/c1-12(7-17-25(20(54)11-51)26-29(49(17,3)4)37(62)41(66)40(65)35(26)60)71(46-24-16-9-19(53)32(57)44(69)47(16)72-48(24)45(70)42(67)43(46)68)21-10-15(31(56)38(63)33(21)58)23-22-14-8-18(52)13(2)30(55)27(14)50(5,6)28(22)36(61)39(64)34(23)59/h7-11H,1-6H3/b12-7+,20-11-. The minimum absolute atomic E-state index is 0.00107. The first kappa shape index (κ1) is 52.3. The summed E-state index contributed by atoms with van der Waals surface area (Å²) < 4.78 is 6.45. The van der Waals surface area contributed by atoms with Crippen LogP contribution in [0.5, 0.6) is 0 Å². The topological polar surface area (TPSA) is 16.4 Å². The molecule has 7 aromatic rings. The monoisotopic (exact) mass is 873 g/mol. The molecule has 0 aliphatic heterocycles. The van der Waals surface area contributed by atoms with Crippen molar-refractivity contribution in [2.24, 2.45) is 0 Å². The predicted octanol–water partition coefficient (Wildman–Crippen LogP) is -8.88. The van der Waals surface area contributed by atoms with Gasteiger partial charge in [0.2, 0.25) is 0 Å². The van der Waals surface area contributed by atoms with Crippen LogP contribution in [0.2, 0.25) is 0 Å². The van der Waals surface area contributed by atoms with Crippen LogP contribution in [0.15, 0.2) is 51.4 Å². The fourth-order valence-corrected chi connectivity index (χ4v) is 11.1. The predicted molar refractivity (Wildman–Crippen MR) is 327 cm³/mol. The summed E-state index contributed by atoms with van der Waals surface area (Å²) >= 11 is 0. The molecule has 72 heavy (non-hydrogen) atoms. The summed E-state index contributed by atoms with van der Waals surface area (Å²) in [6, 6.07) is 5.14. The molecule has 2 aliphatic rings. The van der Waals surface area contributed by atoms with E-state index in [-0.39, 0.29) is 115 Å². The number of rotatable bonds is 6. The number of hydrogen-bond donors (Lipinski definition) is 0. The summed E-state index contributed by atoms with van der Waals surface area (Å²) in [5, 5.41) is 0.681. The number of allylic oxidation sites excluding steroid dienone is 5. The SMILES string of the molecule is [B]/C=C(\[B])C1=C(/C=C(\C)N(c2cc(-c3c([B])c([B])c([B])c4c3-c3cc([B])c(C)c([B])c3C4(C)C)c([B])c([B])c2[B])c2c([B])c([B])c([B])c3oc4c([B])c([B])c([B])cc4c23)C(C)(C)c2c([B])c([B])c([B])c([B])c21. The first-order valence-electron chi connectivity index (χ1n) is 22.5. The van der Waals surface area contributed by atoms with Crippen molar-refractivity contribution in [2.45, 2.75) is 52.4 Å². The third-order valence-corrected chi connectivity index (χ3v) is 15.0. The number of benzene rings is 6. The molecule has 1 heterocycles. The number of furan rings is 1. The Hall–Kier alpha value is -4.56. The quantitative estimate of drug-likeness (QED) is 0.155. The average molecular weight is 870 g/mol. The molecule has 294 valence electrons. The molecular formula is C50H23B20NO. The van der Waals surface area contributed by atoms with Gasteiger partial charge in [0.05, 0.1) is 5.39 Å². The van der Waals surface area contributed by atoms with Crippen LogP contribution in [0.4, 0.5) is 11.4 Å². The highest BCUT2D eigenvalue weighted by molar-refractivity contribution is 6.67. The second kappa shape index (κ2) is 17.5. The summed E-state index contributed by atoms with van der Waals surface area (Å²) in [4.78, 5) is 1.72. The third kappa shape index (κ3) is 6.97. The molecule has 0 amide bonds. The second-order valence-corrected chi connectivity index (χ2v) is 19.7. The zero-order chi connectivity index (χ0) is 53.2. The highest BCUT2D eigenvalue weighted by Crippen LogP contribution is 2.51. The van der Waals surface area contributed by atoms with Gasteiger partial charge in [-0.15, -0.1) is 49.7 Å². The number of hydrogen-bond acceptors (Lipinski definition) is 2. The molecule has 40 radical (unpaired) electrons. The first-order valence-corrected chi connectivity index (χ1v) is 22.5. The largest absolute Gasteiger partial charge is 0.457 e. The lowest BCUT2D eigenvalue weighted by molar-refractivity contribution is 0.658. The van der Waals surface area contributed by atoms with Gasteiger partial charge in [-0.25, -0.2) is 0 Å². The molecule has 0 unspecified atom stereocenters. The fraction of sp³-hybridized carbons (Fsp3) is 0.160. The molecule has 2 nitrogen and oxygen atoms in total. The molecule has 6 aromatic carbocycles. The molecule has 0 saturated carbocycles. The summed E-state index contributed by atoms with van der Waals surface area (Å²) in [6.45, 7) is 11.5. The van der Waals surface area contributed by atoms with E-state index in [0.717, 1.165) is 5.56 Å². The number of nitrogens with zero attached hydrogens (tertiary/aromatic N) is 1. The van der Waals surface area contributed by atoms with Crippen LogP contribution < -0.4 is 103 Å². The molecule has 0 bridgehead atoms. The maximum absolute atomic E-state index is 7.23. The smallest absolute Gasteiger partial charge is 0.129 e. The summed E-state index contributed by atoms with van der Waals surface area (Å²) in [5.74, 6) is 1.25. The van der Waals surface area contributed by atoms with Crippen LogP contribution >= 0.6 is 0 Å². The van der Waals surface area contributed by atoms with Crippen LogP contribution in [0.1, 0.15) is 62.4 Å². The van der Waals surface area contributed by atoms with Crippen LogP contribution in [-0.4, -0.2) is 157 Å². The van der Waals surface area contributed by atoms with Gasteiger partial charge >= 0.3 is 0 Å². The minimum Gasteiger partial charge on any atom is -0.457 e. The van der Waals surface area contributed by atoms with Crippen molar-refractivity contribution < 1.29 is 4.42 Å². The zero-order valence-corrected chi connectivity index (χ0v) is 40.8. The fourth-order valence-electron chi connectivity index (χ4n) is 11.1. The van der Waals surface area contributed by atoms with Crippen LogP contribution in [-0.2, 0) is 10.8 Å². The molecule has 0 fully saturated rings. The van der Waals surface area contributed by atoms with Crippen molar-refractivity contribution in [1.82, 2.24) is 0 Å². The first-order chi connectivity index (χ1) is 33.5. The normalized spacial score (nSPS) is 14.9. The van der Waals surface area contributed by atoms with E-state index in [1.165, 1.54) is 5.98 Å². The van der Waals surface area contributed by atoms with Crippen LogP contribution in [0, 0.1) is 6.92 Å². The number of fused-ring (bicyclic) bond motifs is 7. The molecule has 1 aromatic heterocycles. The molecule has 9 rings (SSSR count). The van der Waals surface area contributed by atoms with Crippen molar-refractivity contribution in [3.05, 3.63) is 74.8 Å². The molecule has 22 heteroatoms. The van der Waals surface area contributed by atoms with Gasteiger partial charge in [0.25, 0.3) is 0 Å². The van der Waals surface area contributed by atoms with Crippen molar-refractivity contribution in [2.75, 3.05) is 4.90 Å². The van der Waals surface area contributed by atoms with Gasteiger partial charge in [0.15, 0.2) is 0 Å². The molecule has 2 aliphatic carbocycles. The Morgan fingerprint density at radius 1 is 0.500 bits per heavy atom. The van der Waals surface area contributed by atoms with Crippen LogP contribution in [0.25, 0.3) is 49.8 Å². The highest BCUT2D eigenvalue weighted by Gasteiger charge is 2.43. The van der Waals surface area contributed by atoms with E-state index in [2.05, 4.69) is 0 Å². The average Bonchev–Trinajstić information content (AvgIpc) is 3.90. The van der Waals surface area contributed by atoms with Crippen LogP contribution in [0.3, 0.4) is 0 Å². The van der Waals surface area contributed by atoms with E-state index in [0.29, 0.717) is 83.0 Å². The maximum Gasteiger partial charge on any atom is 0.129 e. The van der Waals surface area contributed by atoms with E-state index in [4.69, 9.17) is 161 Å². The van der Waals surface area contributed by atoms with Crippen molar-refractivity contribution in [3.8, 4) is 22.3 Å². The van der Waals surface area contributed by atoms with Crippen molar-refractivity contribution >= 4 is 294 Å².